The van der Waals surface area contributed by atoms with Crippen molar-refractivity contribution in [1.82, 2.24) is 10.6 Å². The van der Waals surface area contributed by atoms with Gasteiger partial charge in [0.05, 0.1) is 0 Å². The van der Waals surface area contributed by atoms with Crippen molar-refractivity contribution in [3.8, 4) is 0 Å². The minimum Gasteiger partial charge on any atom is -0.351 e. The Kier molecular flexibility index (Phi) is 17.0. The highest BCUT2D eigenvalue weighted by Gasteiger charge is 2.97. The second kappa shape index (κ2) is 17.7. The lowest BCUT2D eigenvalue weighted by Crippen LogP contribution is -2.75. The van der Waals surface area contributed by atoms with Gasteiger partial charge >= 0.3 is 93.7 Å². The summed E-state index contributed by atoms with van der Waals surface area (Å²) in [6.45, 7) is -2.88. The molecule has 2 amide bonds. The summed E-state index contributed by atoms with van der Waals surface area (Å²) in [6, 6.07) is 0. The van der Waals surface area contributed by atoms with Crippen molar-refractivity contribution in [2.75, 3.05) is 13.1 Å². The molecule has 4 nitrogen and oxygen atoms in total. The van der Waals surface area contributed by atoms with Gasteiger partial charge < -0.3 is 10.6 Å². The van der Waals surface area contributed by atoms with Crippen molar-refractivity contribution in [1.29, 1.82) is 0 Å². The minimum atomic E-state index is -8.85. The number of alkyl halides is 34. The Morgan fingerprint density at radius 2 is 0.422 bits per heavy atom. The largest absolute Gasteiger partial charge is 0.393 e. The summed E-state index contributed by atoms with van der Waals surface area (Å²) < 4.78 is 433. The third kappa shape index (κ3) is 9.16. The van der Waals surface area contributed by atoms with Crippen molar-refractivity contribution in [3.05, 3.63) is 0 Å². The predicted octanol–water partition coefficient (Wildman–Crippen LogP) is 12.1. The van der Waals surface area contributed by atoms with Crippen LogP contribution in [0.15, 0.2) is 0 Å². The van der Waals surface area contributed by atoms with Crippen LogP contribution in [0.2, 0.25) is 0 Å². The van der Waals surface area contributed by atoms with E-state index in [0.29, 0.717) is 10.6 Å². The van der Waals surface area contributed by atoms with Crippen molar-refractivity contribution < 1.29 is 150 Å². The molecule has 0 saturated carbocycles. The second-order valence-corrected chi connectivity index (χ2v) is 13.6. The molecule has 0 heterocycles. The van der Waals surface area contributed by atoms with Crippen LogP contribution in [-0.4, -0.2) is 119 Å². The van der Waals surface area contributed by atoms with Gasteiger partial charge in [0.15, 0.2) is 0 Å². The van der Waals surface area contributed by atoms with Crippen LogP contribution in [0, 0.1) is 0 Å². The van der Waals surface area contributed by atoms with E-state index < -0.39 is 144 Å². The molecule has 0 saturated heterocycles. The van der Waals surface area contributed by atoms with Crippen LogP contribution >= 0.6 is 23.2 Å². The zero-order chi connectivity index (χ0) is 52.2. The van der Waals surface area contributed by atoms with E-state index >= 15 is 0 Å². The zero-order valence-corrected chi connectivity index (χ0v) is 30.8. The third-order valence-corrected chi connectivity index (χ3v) is 8.66. The summed E-state index contributed by atoms with van der Waals surface area (Å²) in [5, 5.41) is -12.8. The lowest BCUT2D eigenvalue weighted by molar-refractivity contribution is -0.446. The molecule has 0 unspecified atom stereocenters. The Balaban J connectivity index is 5.53. The highest BCUT2D eigenvalue weighted by atomic mass is 35.5. The van der Waals surface area contributed by atoms with E-state index in [2.05, 4.69) is 23.2 Å². The fraction of sp³-hybridized carbons (Fsp3) is 0.923. The molecule has 2 N–H and O–H groups in total. The first-order valence-corrected chi connectivity index (χ1v) is 16.3. The maximum absolute atomic E-state index is 14.0. The normalized spacial score (nSPS) is 16.0. The average Bonchev–Trinajstić information content (AvgIpc) is 3.09. The van der Waals surface area contributed by atoms with Gasteiger partial charge in [0.2, 0.25) is 0 Å². The summed E-state index contributed by atoms with van der Waals surface area (Å²) in [5.74, 6) is -125. The molecule has 0 aromatic heterocycles. The first kappa shape index (κ1) is 61.3. The number of hydrogen-bond donors (Lipinski definition) is 2. The highest BCUT2D eigenvalue weighted by Crippen LogP contribution is 2.66. The lowest BCUT2D eigenvalue weighted by atomic mass is 9.89. The number of unbranched alkanes of at least 4 members (excludes halogenated alkanes) is 5. The number of nitrogens with one attached hydrogen (secondary N) is 2. The fourth-order valence-corrected chi connectivity index (χ4v) is 4.43. The molecule has 0 fully saturated rings. The SMILES string of the molecule is O=C(NCCCCCCCCNC(=O)C(F)(F)C(F)(F)C(F)(F)C(F)(F)C(F)(F)C(F)(F)C(F)(F)C(F)(F)Cl)C(F)(F)C(F)(F)C(F)(F)C(F)(F)C(F)(F)C(F)(F)C(F)(F)C(F)(F)Cl. The standard InChI is InChI=1S/C26H18Cl2F32N2O2/c27-25(57,58)23(53,54)21(49,50)19(45,46)17(41,42)15(37,38)13(33,34)11(29,30)9(63)61-7-5-3-1-2-4-6-8-62-10(64)12(31,32)14(35,36)16(39,40)18(43,44)20(47,48)22(51,52)24(55,56)26(28,59)60/h1-8H2,(H,61,63)(H,62,64). The lowest BCUT2D eigenvalue weighted by Gasteiger charge is -2.42. The molecule has 0 spiro atoms. The summed E-state index contributed by atoms with van der Waals surface area (Å²) >= 11 is 6.76. The first-order chi connectivity index (χ1) is 27.5. The molecule has 0 rings (SSSR count). The van der Waals surface area contributed by atoms with Crippen LogP contribution < -0.4 is 10.6 Å². The monoisotopic (exact) mass is 1070 g/mol. The van der Waals surface area contributed by atoms with Gasteiger partial charge in [0.1, 0.15) is 0 Å². The van der Waals surface area contributed by atoms with E-state index in [4.69, 9.17) is 0 Å². The van der Waals surface area contributed by atoms with Crippen LogP contribution in [0.25, 0.3) is 0 Å². The predicted molar refractivity (Wildman–Crippen MR) is 145 cm³/mol. The summed E-state index contributed by atoms with van der Waals surface area (Å²) in [7, 11) is 0. The van der Waals surface area contributed by atoms with Crippen LogP contribution in [0.3, 0.4) is 0 Å². The van der Waals surface area contributed by atoms with Crippen LogP contribution in [-0.2, 0) is 9.59 Å². The zero-order valence-electron chi connectivity index (χ0n) is 29.3. The molecule has 0 bridgehead atoms. The summed E-state index contributed by atoms with van der Waals surface area (Å²) in [5.41, 5.74) is 0. The summed E-state index contributed by atoms with van der Waals surface area (Å²) in [6.07, 6.45) is -3.46. The van der Waals surface area contributed by atoms with Crippen molar-refractivity contribution in [2.45, 2.75) is 132 Å². The molecule has 0 aromatic rings. The van der Waals surface area contributed by atoms with Gasteiger partial charge in [-0.25, -0.2) is 0 Å². The number of rotatable bonds is 25. The Bertz CT molecular complexity index is 1520. The van der Waals surface area contributed by atoms with E-state index in [-0.39, 0.29) is 12.8 Å². The van der Waals surface area contributed by atoms with Crippen LogP contribution in [0.4, 0.5) is 140 Å². The molecule has 0 aromatic carbocycles. The number of carbonyl (C=O) groups is 2. The van der Waals surface area contributed by atoms with E-state index in [1.165, 1.54) is 0 Å². The highest BCUT2D eigenvalue weighted by molar-refractivity contribution is 6.22. The summed E-state index contributed by atoms with van der Waals surface area (Å²) in [4.78, 5) is 22.9. The van der Waals surface area contributed by atoms with E-state index in [1.54, 1.807) is 0 Å². The smallest absolute Gasteiger partial charge is 0.351 e. The number of hydrogen-bond acceptors (Lipinski definition) is 2. The number of amides is 2. The van der Waals surface area contributed by atoms with Gasteiger partial charge in [-0.3, -0.25) is 9.59 Å². The Labute approximate surface area is 341 Å². The van der Waals surface area contributed by atoms with Gasteiger partial charge in [0, 0.05) is 13.1 Å². The molecule has 64 heavy (non-hydrogen) atoms. The quantitative estimate of drug-likeness (QED) is 0.0544. The molecule has 382 valence electrons. The van der Waals surface area contributed by atoms with E-state index in [1.807, 2.05) is 0 Å². The molecule has 0 atom stereocenters. The van der Waals surface area contributed by atoms with E-state index in [9.17, 15) is 150 Å². The average molecular weight is 1070 g/mol. The van der Waals surface area contributed by atoms with Crippen molar-refractivity contribution in [2.24, 2.45) is 0 Å². The minimum absolute atomic E-state index is 0.390. The van der Waals surface area contributed by atoms with Gasteiger partial charge in [-0.05, 0) is 36.0 Å². The molecule has 0 aliphatic carbocycles. The first-order valence-electron chi connectivity index (χ1n) is 15.5. The third-order valence-electron chi connectivity index (χ3n) is 8.19. The van der Waals surface area contributed by atoms with Gasteiger partial charge in [0.25, 0.3) is 11.8 Å². The topological polar surface area (TPSA) is 58.2 Å². The maximum atomic E-state index is 14.0. The van der Waals surface area contributed by atoms with Crippen molar-refractivity contribution in [3.63, 3.8) is 0 Å². The Morgan fingerprint density at radius 1 is 0.266 bits per heavy atom. The molecule has 0 aliphatic heterocycles. The number of carbonyl (C=O) groups excluding carboxylic acids is 2. The number of halogens is 34. The molecule has 0 radical (unpaired) electrons. The second-order valence-electron chi connectivity index (χ2n) is 12.7. The maximum Gasteiger partial charge on any atom is 0.393 e. The van der Waals surface area contributed by atoms with Gasteiger partial charge in [-0.1, -0.05) is 25.7 Å². The molecule has 38 heteroatoms. The molecule has 0 aliphatic rings. The molecular weight excluding hydrogens is 1050 g/mol. The van der Waals surface area contributed by atoms with Crippen LogP contribution in [0.5, 0.6) is 0 Å². The fourth-order valence-electron chi connectivity index (χ4n) is 4.20. The molecular formula is C26H18Cl2F32N2O2. The Morgan fingerprint density at radius 3 is 0.609 bits per heavy atom. The van der Waals surface area contributed by atoms with Crippen molar-refractivity contribution >= 4 is 35.0 Å². The van der Waals surface area contributed by atoms with E-state index in [0.717, 1.165) is 0 Å². The van der Waals surface area contributed by atoms with Gasteiger partial charge in [-0.2, -0.15) is 140 Å². The van der Waals surface area contributed by atoms with Crippen LogP contribution in [0.1, 0.15) is 38.5 Å². The Hall–Kier alpha value is -2.72. The van der Waals surface area contributed by atoms with Gasteiger partial charge in [-0.15, -0.1) is 0 Å².